The molecule has 0 atom stereocenters. The maximum atomic E-state index is 12.6. The fraction of sp³-hybridized carbons (Fsp3) is 0.643. The molecular formula is C14H20N4O2S2. The highest BCUT2D eigenvalue weighted by Crippen LogP contribution is 2.37. The van der Waals surface area contributed by atoms with E-state index in [-0.39, 0.29) is 15.5 Å². The Morgan fingerprint density at radius 3 is 2.55 bits per heavy atom. The monoisotopic (exact) mass is 340 g/mol. The summed E-state index contributed by atoms with van der Waals surface area (Å²) in [6, 6.07) is 0.363. The van der Waals surface area contributed by atoms with Gasteiger partial charge in [-0.2, -0.15) is 0 Å². The fourth-order valence-electron chi connectivity index (χ4n) is 2.30. The van der Waals surface area contributed by atoms with Crippen molar-refractivity contribution in [3.05, 3.63) is 22.7 Å². The van der Waals surface area contributed by atoms with Crippen molar-refractivity contribution in [2.45, 2.75) is 62.1 Å². The molecule has 120 valence electrons. The Bertz CT molecular complexity index is 795. The zero-order valence-electron chi connectivity index (χ0n) is 13.2. The SMILES string of the molecule is Cc1nnc(CS(=O)(=O)c2ncc(C(C)(C)C)s2)n1C1CC1. The molecule has 2 heterocycles. The normalized spacial score (nSPS) is 16.2. The maximum absolute atomic E-state index is 12.6. The van der Waals surface area contributed by atoms with Crippen LogP contribution < -0.4 is 0 Å². The Hall–Kier alpha value is -1.28. The van der Waals surface area contributed by atoms with E-state index in [1.807, 2.05) is 32.3 Å². The van der Waals surface area contributed by atoms with Crippen LogP contribution in [-0.4, -0.2) is 28.2 Å². The Balaban J connectivity index is 1.89. The van der Waals surface area contributed by atoms with E-state index in [0.717, 1.165) is 23.5 Å². The number of aromatic nitrogens is 4. The molecule has 3 rings (SSSR count). The number of rotatable bonds is 4. The molecule has 1 saturated carbocycles. The molecule has 0 aliphatic heterocycles. The Morgan fingerprint density at radius 2 is 2.00 bits per heavy atom. The number of hydrogen-bond acceptors (Lipinski definition) is 6. The summed E-state index contributed by atoms with van der Waals surface area (Å²) in [6.07, 6.45) is 3.79. The van der Waals surface area contributed by atoms with Crippen molar-refractivity contribution in [2.24, 2.45) is 0 Å². The first-order valence-corrected chi connectivity index (χ1v) is 9.75. The molecule has 0 saturated heterocycles. The van der Waals surface area contributed by atoms with E-state index in [1.165, 1.54) is 11.3 Å². The second kappa shape index (κ2) is 5.13. The molecule has 1 aliphatic rings. The highest BCUT2D eigenvalue weighted by atomic mass is 32.2. The minimum absolute atomic E-state index is 0.101. The summed E-state index contributed by atoms with van der Waals surface area (Å²) < 4.78 is 27.3. The van der Waals surface area contributed by atoms with Gasteiger partial charge in [0.15, 0.2) is 0 Å². The van der Waals surface area contributed by atoms with E-state index < -0.39 is 9.84 Å². The highest BCUT2D eigenvalue weighted by molar-refractivity contribution is 7.92. The molecular weight excluding hydrogens is 320 g/mol. The second-order valence-electron chi connectivity index (χ2n) is 6.76. The molecule has 8 heteroatoms. The molecule has 0 amide bonds. The largest absolute Gasteiger partial charge is 0.311 e. The third kappa shape index (κ3) is 2.94. The van der Waals surface area contributed by atoms with Gasteiger partial charge in [-0.25, -0.2) is 13.4 Å². The van der Waals surface area contributed by atoms with Crippen LogP contribution in [0.5, 0.6) is 0 Å². The van der Waals surface area contributed by atoms with Crippen LogP contribution in [0.1, 0.15) is 56.2 Å². The Morgan fingerprint density at radius 1 is 1.32 bits per heavy atom. The van der Waals surface area contributed by atoms with Gasteiger partial charge in [0.1, 0.15) is 17.4 Å². The average molecular weight is 340 g/mol. The van der Waals surface area contributed by atoms with Crippen LogP contribution in [0.2, 0.25) is 0 Å². The molecule has 1 fully saturated rings. The van der Waals surface area contributed by atoms with Crippen LogP contribution >= 0.6 is 11.3 Å². The zero-order chi connectivity index (χ0) is 16.1. The van der Waals surface area contributed by atoms with Crippen molar-refractivity contribution in [3.8, 4) is 0 Å². The number of nitrogens with zero attached hydrogens (tertiary/aromatic N) is 4. The summed E-state index contributed by atoms with van der Waals surface area (Å²) in [5.74, 6) is 1.16. The molecule has 2 aromatic heterocycles. The van der Waals surface area contributed by atoms with Gasteiger partial charge in [-0.05, 0) is 25.2 Å². The smallest absolute Gasteiger partial charge is 0.212 e. The molecule has 0 unspecified atom stereocenters. The first-order valence-electron chi connectivity index (χ1n) is 7.28. The predicted molar refractivity (Wildman–Crippen MR) is 84.7 cm³/mol. The van der Waals surface area contributed by atoms with Gasteiger partial charge in [0.05, 0.1) is 0 Å². The maximum Gasteiger partial charge on any atom is 0.212 e. The average Bonchev–Trinajstić information content (AvgIpc) is 2.96. The number of hydrogen-bond donors (Lipinski definition) is 0. The lowest BCUT2D eigenvalue weighted by Crippen LogP contribution is -2.11. The molecule has 1 aliphatic carbocycles. The number of aryl methyl sites for hydroxylation is 1. The number of thiazole rings is 1. The lowest BCUT2D eigenvalue weighted by atomic mass is 9.96. The van der Waals surface area contributed by atoms with E-state index in [0.29, 0.717) is 11.9 Å². The Labute approximate surface area is 134 Å². The van der Waals surface area contributed by atoms with Crippen LogP contribution in [0.25, 0.3) is 0 Å². The van der Waals surface area contributed by atoms with Crippen molar-refractivity contribution >= 4 is 21.2 Å². The van der Waals surface area contributed by atoms with Crippen molar-refractivity contribution < 1.29 is 8.42 Å². The van der Waals surface area contributed by atoms with E-state index in [2.05, 4.69) is 15.2 Å². The molecule has 2 aromatic rings. The molecule has 0 aromatic carbocycles. The second-order valence-corrected chi connectivity index (χ2v) is 9.96. The quantitative estimate of drug-likeness (QED) is 0.855. The first-order chi connectivity index (χ1) is 10.2. The summed E-state index contributed by atoms with van der Waals surface area (Å²) in [5.41, 5.74) is -0.101. The molecule has 0 bridgehead atoms. The summed E-state index contributed by atoms with van der Waals surface area (Å²) in [5, 5.41) is 8.09. The highest BCUT2D eigenvalue weighted by Gasteiger charge is 2.31. The summed E-state index contributed by atoms with van der Waals surface area (Å²) >= 11 is 1.25. The van der Waals surface area contributed by atoms with Crippen LogP contribution in [0, 0.1) is 6.92 Å². The van der Waals surface area contributed by atoms with E-state index >= 15 is 0 Å². The predicted octanol–water partition coefficient (Wildman–Crippen LogP) is 2.65. The topological polar surface area (TPSA) is 77.7 Å². The van der Waals surface area contributed by atoms with Gasteiger partial charge in [-0.3, -0.25) is 0 Å². The van der Waals surface area contributed by atoms with Crippen molar-refractivity contribution in [1.82, 2.24) is 19.7 Å². The minimum Gasteiger partial charge on any atom is -0.311 e. The summed E-state index contributed by atoms with van der Waals surface area (Å²) in [7, 11) is -3.48. The van der Waals surface area contributed by atoms with Crippen molar-refractivity contribution in [3.63, 3.8) is 0 Å². The fourth-order valence-corrected chi connectivity index (χ4v) is 4.83. The van der Waals surface area contributed by atoms with Crippen LogP contribution in [-0.2, 0) is 21.0 Å². The lowest BCUT2D eigenvalue weighted by molar-refractivity contribution is 0.588. The van der Waals surface area contributed by atoms with Crippen LogP contribution in [0.3, 0.4) is 0 Å². The summed E-state index contributed by atoms with van der Waals surface area (Å²) in [6.45, 7) is 8.00. The standard InChI is InChI=1S/C14H20N4O2S2/c1-9-16-17-12(18(9)10-5-6-10)8-22(19,20)13-15-7-11(21-13)14(2,3)4/h7,10H,5-6,8H2,1-4H3. The van der Waals surface area contributed by atoms with Crippen LogP contribution in [0.4, 0.5) is 0 Å². The summed E-state index contributed by atoms with van der Waals surface area (Å²) in [4.78, 5) is 5.08. The zero-order valence-corrected chi connectivity index (χ0v) is 14.8. The number of sulfone groups is 1. The van der Waals surface area contributed by atoms with Gasteiger partial charge in [0.25, 0.3) is 0 Å². The van der Waals surface area contributed by atoms with E-state index in [9.17, 15) is 8.42 Å². The molecule has 0 radical (unpaired) electrons. The van der Waals surface area contributed by atoms with Gasteiger partial charge >= 0.3 is 0 Å². The van der Waals surface area contributed by atoms with E-state index in [1.54, 1.807) is 6.20 Å². The van der Waals surface area contributed by atoms with E-state index in [4.69, 9.17) is 0 Å². The van der Waals surface area contributed by atoms with Gasteiger partial charge < -0.3 is 4.57 Å². The molecule has 22 heavy (non-hydrogen) atoms. The Kier molecular flexibility index (Phi) is 3.64. The molecule has 0 spiro atoms. The van der Waals surface area contributed by atoms with Crippen molar-refractivity contribution in [1.29, 1.82) is 0 Å². The van der Waals surface area contributed by atoms with Crippen molar-refractivity contribution in [2.75, 3.05) is 0 Å². The van der Waals surface area contributed by atoms with Gasteiger partial charge in [0.2, 0.25) is 14.2 Å². The molecule has 0 N–H and O–H groups in total. The van der Waals surface area contributed by atoms with Gasteiger partial charge in [-0.1, -0.05) is 20.8 Å². The molecule has 6 nitrogen and oxygen atoms in total. The third-order valence-corrected chi connectivity index (χ3v) is 7.16. The first kappa shape index (κ1) is 15.6. The third-order valence-electron chi connectivity index (χ3n) is 3.66. The van der Waals surface area contributed by atoms with Gasteiger partial charge in [0, 0.05) is 17.1 Å². The van der Waals surface area contributed by atoms with Crippen LogP contribution in [0.15, 0.2) is 10.5 Å². The minimum atomic E-state index is -3.48. The van der Waals surface area contributed by atoms with Gasteiger partial charge in [-0.15, -0.1) is 21.5 Å². The lowest BCUT2D eigenvalue weighted by Gasteiger charge is -2.14.